The van der Waals surface area contributed by atoms with Crippen LogP contribution in [0.3, 0.4) is 0 Å². The van der Waals surface area contributed by atoms with E-state index in [9.17, 15) is 9.18 Å². The maximum absolute atomic E-state index is 13.4. The Hall–Kier alpha value is -1.82. The van der Waals surface area contributed by atoms with E-state index in [1.54, 1.807) is 13.0 Å². The molecule has 0 spiro atoms. The molecule has 1 aromatic carbocycles. The zero-order chi connectivity index (χ0) is 14.0. The third-order valence-electron chi connectivity index (χ3n) is 2.51. The van der Waals surface area contributed by atoms with Crippen LogP contribution in [0.2, 0.25) is 0 Å². The number of aryl methyl sites for hydroxylation is 1. The molecule has 2 rings (SSSR count). The summed E-state index contributed by atoms with van der Waals surface area (Å²) < 4.78 is 24.5. The summed E-state index contributed by atoms with van der Waals surface area (Å²) in [6, 6.07) is 5.72. The first-order valence-corrected chi connectivity index (χ1v) is 6.17. The summed E-state index contributed by atoms with van der Waals surface area (Å²) in [7, 11) is 0. The molecule has 0 aliphatic carbocycles. The topological polar surface area (TPSA) is 59.7 Å². The molecule has 1 N–H and O–H groups in total. The Morgan fingerprint density at radius 3 is 2.84 bits per heavy atom. The van der Waals surface area contributed by atoms with Gasteiger partial charge >= 0.3 is 5.97 Å². The lowest BCUT2D eigenvalue weighted by Gasteiger charge is -2.06. The Morgan fingerprint density at radius 2 is 2.21 bits per heavy atom. The van der Waals surface area contributed by atoms with Crippen LogP contribution in [-0.2, 0) is 6.61 Å². The Balaban J connectivity index is 2.14. The summed E-state index contributed by atoms with van der Waals surface area (Å²) in [6.07, 6.45) is 0. The number of carbonyl (C=O) groups is 1. The fourth-order valence-corrected chi connectivity index (χ4v) is 1.85. The Morgan fingerprint density at radius 1 is 1.47 bits per heavy atom. The third kappa shape index (κ3) is 3.14. The van der Waals surface area contributed by atoms with E-state index in [1.165, 1.54) is 18.2 Å². The van der Waals surface area contributed by atoms with Gasteiger partial charge in [-0.2, -0.15) is 0 Å². The van der Waals surface area contributed by atoms with Gasteiger partial charge in [0, 0.05) is 10.0 Å². The van der Waals surface area contributed by atoms with Gasteiger partial charge < -0.3 is 14.3 Å². The van der Waals surface area contributed by atoms with Crippen LogP contribution in [0.1, 0.15) is 21.9 Å². The molecule has 0 fully saturated rings. The molecule has 0 bridgehead atoms. The number of hydrogen-bond acceptors (Lipinski definition) is 3. The Kier molecular flexibility index (Phi) is 3.90. The van der Waals surface area contributed by atoms with Gasteiger partial charge in [0.15, 0.2) is 11.6 Å². The first kappa shape index (κ1) is 13.6. The molecule has 0 radical (unpaired) electrons. The van der Waals surface area contributed by atoms with Gasteiger partial charge in [0.1, 0.15) is 12.4 Å². The highest BCUT2D eigenvalue weighted by molar-refractivity contribution is 9.10. The number of benzene rings is 1. The van der Waals surface area contributed by atoms with Gasteiger partial charge in [0.25, 0.3) is 0 Å². The largest absolute Gasteiger partial charge is 0.486 e. The van der Waals surface area contributed by atoms with E-state index in [1.807, 2.05) is 0 Å². The van der Waals surface area contributed by atoms with E-state index < -0.39 is 11.8 Å². The van der Waals surface area contributed by atoms with E-state index in [-0.39, 0.29) is 18.1 Å². The lowest BCUT2D eigenvalue weighted by molar-refractivity contribution is 0.0661. The van der Waals surface area contributed by atoms with Crippen LogP contribution in [0.15, 0.2) is 33.2 Å². The number of carboxylic acids is 1. The maximum atomic E-state index is 13.4. The lowest BCUT2D eigenvalue weighted by atomic mass is 10.2. The van der Waals surface area contributed by atoms with Crippen LogP contribution in [0.5, 0.6) is 5.75 Å². The second kappa shape index (κ2) is 5.44. The Bertz CT molecular complexity index is 621. The molecule has 6 heteroatoms. The molecule has 0 amide bonds. The van der Waals surface area contributed by atoms with Crippen molar-refractivity contribution in [1.82, 2.24) is 0 Å². The molecule has 0 saturated carbocycles. The third-order valence-corrected chi connectivity index (χ3v) is 3.00. The fraction of sp³-hybridized carbons (Fsp3) is 0.154. The van der Waals surface area contributed by atoms with Crippen molar-refractivity contribution in [3.8, 4) is 5.75 Å². The minimum Gasteiger partial charge on any atom is -0.486 e. The van der Waals surface area contributed by atoms with Crippen LogP contribution in [-0.4, -0.2) is 11.1 Å². The molecule has 0 saturated heterocycles. The predicted octanol–water partition coefficient (Wildman–Crippen LogP) is 3.77. The average Bonchev–Trinajstić information content (AvgIpc) is 2.72. The van der Waals surface area contributed by atoms with Crippen molar-refractivity contribution in [1.29, 1.82) is 0 Å². The monoisotopic (exact) mass is 328 g/mol. The second-order valence-corrected chi connectivity index (χ2v) is 4.78. The van der Waals surface area contributed by atoms with Gasteiger partial charge in [-0.15, -0.1) is 0 Å². The van der Waals surface area contributed by atoms with E-state index in [0.29, 0.717) is 15.8 Å². The van der Waals surface area contributed by atoms with Crippen LogP contribution >= 0.6 is 15.9 Å². The number of hydrogen-bond donors (Lipinski definition) is 1. The first-order valence-electron chi connectivity index (χ1n) is 5.38. The minimum atomic E-state index is -1.15. The highest BCUT2D eigenvalue weighted by Crippen LogP contribution is 2.24. The number of ether oxygens (including phenoxy) is 1. The van der Waals surface area contributed by atoms with Crippen molar-refractivity contribution in [3.05, 3.63) is 51.6 Å². The second-order valence-electron chi connectivity index (χ2n) is 3.86. The number of rotatable bonds is 4. The minimum absolute atomic E-state index is 0.0377. The lowest BCUT2D eigenvalue weighted by Crippen LogP contribution is -1.98. The van der Waals surface area contributed by atoms with E-state index in [0.717, 1.165) is 0 Å². The number of furan rings is 1. The van der Waals surface area contributed by atoms with Crippen LogP contribution in [0.25, 0.3) is 0 Å². The van der Waals surface area contributed by atoms with Gasteiger partial charge in [0.05, 0.1) is 0 Å². The van der Waals surface area contributed by atoms with E-state index in [4.69, 9.17) is 14.3 Å². The molecule has 1 aromatic heterocycles. The summed E-state index contributed by atoms with van der Waals surface area (Å²) in [5, 5.41) is 8.79. The van der Waals surface area contributed by atoms with Crippen LogP contribution in [0.4, 0.5) is 4.39 Å². The van der Waals surface area contributed by atoms with Crippen molar-refractivity contribution in [2.75, 3.05) is 0 Å². The number of carboxylic acid groups (broad SMARTS) is 1. The summed E-state index contributed by atoms with van der Waals surface area (Å²) >= 11 is 3.22. The smallest absolute Gasteiger partial charge is 0.371 e. The molecule has 4 nitrogen and oxygen atoms in total. The van der Waals surface area contributed by atoms with E-state index in [2.05, 4.69) is 15.9 Å². The van der Waals surface area contributed by atoms with Crippen molar-refractivity contribution >= 4 is 21.9 Å². The van der Waals surface area contributed by atoms with Crippen LogP contribution < -0.4 is 4.74 Å². The number of aromatic carboxylic acids is 1. The highest BCUT2D eigenvalue weighted by atomic mass is 79.9. The molecule has 0 aliphatic heterocycles. The van der Waals surface area contributed by atoms with Crippen molar-refractivity contribution < 1.29 is 23.4 Å². The standard InChI is InChI=1S/C13H10BrFO4/c1-7-8(4-12(19-7)13(16)17)6-18-11-5-9(14)2-3-10(11)15/h2-5H,6H2,1H3,(H,16,17). The molecular weight excluding hydrogens is 319 g/mol. The molecule has 0 aliphatic rings. The molecule has 100 valence electrons. The summed E-state index contributed by atoms with van der Waals surface area (Å²) in [5.74, 6) is -1.27. The van der Waals surface area contributed by atoms with Gasteiger partial charge in [0.2, 0.25) is 5.76 Å². The van der Waals surface area contributed by atoms with Crippen molar-refractivity contribution in [3.63, 3.8) is 0 Å². The van der Waals surface area contributed by atoms with Gasteiger partial charge in [-0.25, -0.2) is 9.18 Å². The summed E-state index contributed by atoms with van der Waals surface area (Å²) in [6.45, 7) is 1.67. The fourth-order valence-electron chi connectivity index (χ4n) is 1.51. The molecule has 0 unspecified atom stereocenters. The molecule has 2 aromatic rings. The van der Waals surface area contributed by atoms with Crippen molar-refractivity contribution in [2.45, 2.75) is 13.5 Å². The highest BCUT2D eigenvalue weighted by Gasteiger charge is 2.14. The zero-order valence-corrected chi connectivity index (χ0v) is 11.5. The predicted molar refractivity (Wildman–Crippen MR) is 68.8 cm³/mol. The number of halogens is 2. The first-order chi connectivity index (χ1) is 8.97. The molecule has 19 heavy (non-hydrogen) atoms. The summed E-state index contributed by atoms with van der Waals surface area (Å²) in [5.41, 5.74) is 0.566. The average molecular weight is 329 g/mol. The summed E-state index contributed by atoms with van der Waals surface area (Å²) in [4.78, 5) is 10.7. The quantitative estimate of drug-likeness (QED) is 0.928. The van der Waals surface area contributed by atoms with E-state index >= 15 is 0 Å². The van der Waals surface area contributed by atoms with Gasteiger partial charge in [-0.1, -0.05) is 15.9 Å². The maximum Gasteiger partial charge on any atom is 0.371 e. The molecule has 1 heterocycles. The SMILES string of the molecule is Cc1oc(C(=O)O)cc1COc1cc(Br)ccc1F. The zero-order valence-electron chi connectivity index (χ0n) is 9.94. The molecule has 0 atom stereocenters. The van der Waals surface area contributed by atoms with Crippen LogP contribution in [0, 0.1) is 12.7 Å². The van der Waals surface area contributed by atoms with Gasteiger partial charge in [-0.05, 0) is 31.2 Å². The van der Waals surface area contributed by atoms with Gasteiger partial charge in [-0.3, -0.25) is 0 Å². The Labute approximate surface area is 116 Å². The molecular formula is C13H10BrFO4. The van der Waals surface area contributed by atoms with Crippen molar-refractivity contribution in [2.24, 2.45) is 0 Å². The normalized spacial score (nSPS) is 10.5.